The molecule has 0 saturated carbocycles. The third-order valence-corrected chi connectivity index (χ3v) is 3.82. The van der Waals surface area contributed by atoms with Gasteiger partial charge in [0.15, 0.2) is 0 Å². The zero-order chi connectivity index (χ0) is 15.2. The number of hydrogen-bond donors (Lipinski definition) is 0. The summed E-state index contributed by atoms with van der Waals surface area (Å²) < 4.78 is 9.75. The average molecular weight is 351 g/mol. The van der Waals surface area contributed by atoms with Crippen molar-refractivity contribution in [3.05, 3.63) is 0 Å². The molecule has 0 rings (SSSR count). The molecule has 0 unspecified atom stereocenters. The summed E-state index contributed by atoms with van der Waals surface area (Å²) >= 11 is 3.64. The van der Waals surface area contributed by atoms with Crippen LogP contribution >= 0.6 is 15.9 Å². The molecule has 0 bridgehead atoms. The van der Waals surface area contributed by atoms with Crippen LogP contribution in [0.1, 0.15) is 65.2 Å². The summed E-state index contributed by atoms with van der Waals surface area (Å²) in [6.07, 6.45) is 6.93. The summed E-state index contributed by atoms with van der Waals surface area (Å²) in [6.45, 7) is 4.56. The Morgan fingerprint density at radius 3 is 1.60 bits per heavy atom. The first-order chi connectivity index (χ1) is 9.60. The lowest BCUT2D eigenvalue weighted by atomic mass is 10.1. The van der Waals surface area contributed by atoms with Crippen LogP contribution in [0.2, 0.25) is 0 Å². The minimum absolute atomic E-state index is 0.104. The molecule has 0 aliphatic heterocycles. The zero-order valence-electron chi connectivity index (χ0n) is 12.7. The van der Waals surface area contributed by atoms with E-state index in [4.69, 9.17) is 9.47 Å². The number of unbranched alkanes of at least 4 members (excludes halogenated alkanes) is 2. The maximum Gasteiger partial charge on any atom is 0.305 e. The van der Waals surface area contributed by atoms with Crippen LogP contribution in [0.3, 0.4) is 0 Å². The van der Waals surface area contributed by atoms with Crippen molar-refractivity contribution in [2.45, 2.75) is 70.0 Å². The number of alkyl halides is 1. The summed E-state index contributed by atoms with van der Waals surface area (Å²) in [7, 11) is 0. The Hall–Kier alpha value is -0.580. The molecule has 0 spiro atoms. The molecular formula is C15H27BrO4. The van der Waals surface area contributed by atoms with Gasteiger partial charge in [0.05, 0.1) is 13.2 Å². The quantitative estimate of drug-likeness (QED) is 0.303. The SMILES string of the molecule is CCOC(=O)CCCCC(Br)CCCCC(=O)OCC. The molecule has 118 valence electrons. The van der Waals surface area contributed by atoms with Gasteiger partial charge in [0.1, 0.15) is 0 Å². The highest BCUT2D eigenvalue weighted by atomic mass is 79.9. The van der Waals surface area contributed by atoms with E-state index in [9.17, 15) is 9.59 Å². The van der Waals surface area contributed by atoms with E-state index < -0.39 is 0 Å². The van der Waals surface area contributed by atoms with Gasteiger partial charge >= 0.3 is 11.9 Å². The van der Waals surface area contributed by atoms with E-state index in [0.29, 0.717) is 30.9 Å². The predicted octanol–water partition coefficient (Wildman–Crippen LogP) is 4.00. The fourth-order valence-corrected chi connectivity index (χ4v) is 2.53. The summed E-state index contributed by atoms with van der Waals surface area (Å²) in [5, 5.41) is 0. The van der Waals surface area contributed by atoms with Gasteiger partial charge in [-0.05, 0) is 39.5 Å². The van der Waals surface area contributed by atoms with Crippen molar-refractivity contribution in [3.63, 3.8) is 0 Å². The van der Waals surface area contributed by atoms with Gasteiger partial charge in [-0.3, -0.25) is 9.59 Å². The van der Waals surface area contributed by atoms with E-state index in [2.05, 4.69) is 15.9 Å². The standard InChI is InChI=1S/C15H27BrO4/c1-3-19-14(17)11-7-5-9-13(16)10-6-8-12-15(18)20-4-2/h13H,3-12H2,1-2H3. The Labute approximate surface area is 130 Å². The van der Waals surface area contributed by atoms with Crippen molar-refractivity contribution < 1.29 is 19.1 Å². The van der Waals surface area contributed by atoms with Crippen LogP contribution in [0.4, 0.5) is 0 Å². The Balaban J connectivity index is 3.39. The summed E-state index contributed by atoms with van der Waals surface area (Å²) in [4.78, 5) is 22.7. The number of ether oxygens (including phenoxy) is 2. The Kier molecular flexibility index (Phi) is 13.0. The van der Waals surface area contributed by atoms with Gasteiger partial charge in [0.2, 0.25) is 0 Å². The van der Waals surface area contributed by atoms with Crippen LogP contribution in [-0.4, -0.2) is 30.0 Å². The van der Waals surface area contributed by atoms with Crippen molar-refractivity contribution in [2.75, 3.05) is 13.2 Å². The number of esters is 2. The van der Waals surface area contributed by atoms with Gasteiger partial charge in [-0.15, -0.1) is 0 Å². The normalized spacial score (nSPS) is 10.6. The number of carbonyl (C=O) groups excluding carboxylic acids is 2. The highest BCUT2D eigenvalue weighted by Gasteiger charge is 2.07. The third kappa shape index (κ3) is 12.5. The van der Waals surface area contributed by atoms with Crippen molar-refractivity contribution in [2.24, 2.45) is 0 Å². The highest BCUT2D eigenvalue weighted by molar-refractivity contribution is 9.09. The van der Waals surface area contributed by atoms with Crippen LogP contribution in [0.25, 0.3) is 0 Å². The fourth-order valence-electron chi connectivity index (χ4n) is 1.88. The first kappa shape index (κ1) is 19.4. The zero-order valence-corrected chi connectivity index (χ0v) is 14.2. The fraction of sp³-hybridized carbons (Fsp3) is 0.867. The minimum Gasteiger partial charge on any atom is -0.466 e. The highest BCUT2D eigenvalue weighted by Crippen LogP contribution is 2.18. The molecule has 0 aromatic carbocycles. The molecule has 0 N–H and O–H groups in total. The Morgan fingerprint density at radius 2 is 1.25 bits per heavy atom. The van der Waals surface area contributed by atoms with Gasteiger partial charge in [-0.1, -0.05) is 28.8 Å². The Bertz CT molecular complexity index is 243. The van der Waals surface area contributed by atoms with Crippen LogP contribution in [0.5, 0.6) is 0 Å². The van der Waals surface area contributed by atoms with Crippen LogP contribution < -0.4 is 0 Å². The van der Waals surface area contributed by atoms with Gasteiger partial charge < -0.3 is 9.47 Å². The number of rotatable bonds is 12. The van der Waals surface area contributed by atoms with Crippen LogP contribution in [-0.2, 0) is 19.1 Å². The third-order valence-electron chi connectivity index (χ3n) is 2.91. The molecule has 5 heteroatoms. The van der Waals surface area contributed by atoms with E-state index in [1.54, 1.807) is 0 Å². The molecule has 0 aliphatic rings. The second-order valence-electron chi connectivity index (χ2n) is 4.70. The summed E-state index contributed by atoms with van der Waals surface area (Å²) in [6, 6.07) is 0. The average Bonchev–Trinajstić information content (AvgIpc) is 2.40. The van der Waals surface area contributed by atoms with Crippen molar-refractivity contribution in [1.82, 2.24) is 0 Å². The van der Waals surface area contributed by atoms with E-state index in [0.717, 1.165) is 38.5 Å². The molecule has 20 heavy (non-hydrogen) atoms. The molecular weight excluding hydrogens is 324 g/mol. The molecule has 0 radical (unpaired) electrons. The second kappa shape index (κ2) is 13.4. The maximum absolute atomic E-state index is 11.1. The molecule has 0 heterocycles. The van der Waals surface area contributed by atoms with Crippen LogP contribution in [0, 0.1) is 0 Å². The van der Waals surface area contributed by atoms with Crippen molar-refractivity contribution in [3.8, 4) is 0 Å². The summed E-state index contributed by atoms with van der Waals surface area (Å²) in [5.41, 5.74) is 0. The number of hydrogen-bond acceptors (Lipinski definition) is 4. The lowest BCUT2D eigenvalue weighted by Gasteiger charge is -2.09. The van der Waals surface area contributed by atoms with Gasteiger partial charge in [0, 0.05) is 17.7 Å². The monoisotopic (exact) mass is 350 g/mol. The minimum atomic E-state index is -0.104. The lowest BCUT2D eigenvalue weighted by Crippen LogP contribution is -2.05. The topological polar surface area (TPSA) is 52.6 Å². The maximum atomic E-state index is 11.1. The molecule has 4 nitrogen and oxygen atoms in total. The molecule has 0 amide bonds. The Morgan fingerprint density at radius 1 is 0.850 bits per heavy atom. The molecule has 0 saturated heterocycles. The van der Waals surface area contributed by atoms with Gasteiger partial charge in [-0.2, -0.15) is 0 Å². The molecule has 0 fully saturated rings. The second-order valence-corrected chi connectivity index (χ2v) is 5.99. The molecule has 0 aromatic rings. The molecule has 0 atom stereocenters. The van der Waals surface area contributed by atoms with E-state index in [1.807, 2.05) is 13.8 Å². The van der Waals surface area contributed by atoms with Crippen molar-refractivity contribution >= 4 is 27.9 Å². The van der Waals surface area contributed by atoms with Crippen LogP contribution in [0.15, 0.2) is 0 Å². The van der Waals surface area contributed by atoms with E-state index >= 15 is 0 Å². The van der Waals surface area contributed by atoms with E-state index in [-0.39, 0.29) is 11.9 Å². The molecule has 0 aliphatic carbocycles. The predicted molar refractivity (Wildman–Crippen MR) is 82.9 cm³/mol. The first-order valence-electron chi connectivity index (χ1n) is 7.55. The van der Waals surface area contributed by atoms with E-state index in [1.165, 1.54) is 0 Å². The van der Waals surface area contributed by atoms with Crippen molar-refractivity contribution in [1.29, 1.82) is 0 Å². The molecule has 0 aromatic heterocycles. The van der Waals surface area contributed by atoms with Gasteiger partial charge in [0.25, 0.3) is 0 Å². The van der Waals surface area contributed by atoms with Gasteiger partial charge in [-0.25, -0.2) is 0 Å². The lowest BCUT2D eigenvalue weighted by molar-refractivity contribution is -0.144. The largest absolute Gasteiger partial charge is 0.466 e. The summed E-state index contributed by atoms with van der Waals surface area (Å²) in [5.74, 6) is -0.207. The first-order valence-corrected chi connectivity index (χ1v) is 8.47. The number of halogens is 1. The smallest absolute Gasteiger partial charge is 0.305 e. The number of carbonyl (C=O) groups is 2.